The molecule has 110 valence electrons. The van der Waals surface area contributed by atoms with Gasteiger partial charge in [-0.2, -0.15) is 0 Å². The quantitative estimate of drug-likeness (QED) is 0.862. The normalized spacial score (nSPS) is 15.3. The van der Waals surface area contributed by atoms with Crippen LogP contribution >= 0.6 is 0 Å². The van der Waals surface area contributed by atoms with E-state index in [1.165, 1.54) is 11.1 Å². The highest BCUT2D eigenvalue weighted by Gasteiger charge is 2.30. The summed E-state index contributed by atoms with van der Waals surface area (Å²) in [5.41, 5.74) is 3.81. The summed E-state index contributed by atoms with van der Waals surface area (Å²) in [6.45, 7) is 7.28. The predicted octanol–water partition coefficient (Wildman–Crippen LogP) is 2.41. The van der Waals surface area contributed by atoms with Crippen molar-refractivity contribution in [2.45, 2.75) is 26.4 Å². The van der Waals surface area contributed by atoms with Gasteiger partial charge in [-0.15, -0.1) is 0 Å². The van der Waals surface area contributed by atoms with E-state index in [9.17, 15) is 0 Å². The van der Waals surface area contributed by atoms with Crippen molar-refractivity contribution in [3.05, 3.63) is 53.5 Å². The summed E-state index contributed by atoms with van der Waals surface area (Å²) in [5, 5.41) is 0. The van der Waals surface area contributed by atoms with Gasteiger partial charge in [0.05, 0.1) is 0 Å². The Hall–Kier alpha value is -1.94. The van der Waals surface area contributed by atoms with Crippen molar-refractivity contribution < 1.29 is 0 Å². The number of likely N-dealkylation sites (N-methyl/N-ethyl adjacent to an activating group) is 1. The van der Waals surface area contributed by atoms with Crippen LogP contribution in [0.1, 0.15) is 16.8 Å². The molecule has 1 aromatic carbocycles. The van der Waals surface area contributed by atoms with Gasteiger partial charge in [0.2, 0.25) is 0 Å². The van der Waals surface area contributed by atoms with Gasteiger partial charge in [0.15, 0.2) is 0 Å². The van der Waals surface area contributed by atoms with Gasteiger partial charge in [0.25, 0.3) is 0 Å². The lowest BCUT2D eigenvalue weighted by atomic mass is 10.0. The third-order valence-corrected chi connectivity index (χ3v) is 4.28. The van der Waals surface area contributed by atoms with Crippen LogP contribution in [0.5, 0.6) is 0 Å². The molecule has 4 heteroatoms. The first kappa shape index (κ1) is 14.0. The predicted molar refractivity (Wildman–Crippen MR) is 85.4 cm³/mol. The van der Waals surface area contributed by atoms with Gasteiger partial charge in [-0.1, -0.05) is 24.3 Å². The molecule has 2 aromatic rings. The van der Waals surface area contributed by atoms with Crippen LogP contribution in [-0.4, -0.2) is 41.0 Å². The lowest BCUT2D eigenvalue weighted by Gasteiger charge is -2.44. The fourth-order valence-electron chi connectivity index (χ4n) is 2.72. The molecule has 0 atom stereocenters. The highest BCUT2D eigenvalue weighted by molar-refractivity contribution is 5.42. The second kappa shape index (κ2) is 5.82. The number of aromatic nitrogens is 2. The lowest BCUT2D eigenvalue weighted by Crippen LogP contribution is -2.58. The molecule has 0 unspecified atom stereocenters. The number of anilines is 1. The first-order valence-electron chi connectivity index (χ1n) is 7.42. The summed E-state index contributed by atoms with van der Waals surface area (Å²) in [6.07, 6.45) is 1.65. The van der Waals surface area contributed by atoms with Gasteiger partial charge < -0.3 is 4.90 Å². The Labute approximate surface area is 126 Å². The van der Waals surface area contributed by atoms with E-state index in [2.05, 4.69) is 64.1 Å². The summed E-state index contributed by atoms with van der Waals surface area (Å²) >= 11 is 0. The standard InChI is InChI=1S/C17H22N4/c1-13-6-4-5-7-15(13)9-20(3)16-10-21(11-16)17-8-14(2)18-12-19-17/h4-8,12,16H,9-11H2,1-3H3. The van der Waals surface area contributed by atoms with Crippen LogP contribution in [0.3, 0.4) is 0 Å². The Morgan fingerprint density at radius 2 is 1.95 bits per heavy atom. The smallest absolute Gasteiger partial charge is 0.132 e. The van der Waals surface area contributed by atoms with Gasteiger partial charge in [-0.25, -0.2) is 9.97 Å². The van der Waals surface area contributed by atoms with Crippen molar-refractivity contribution in [1.82, 2.24) is 14.9 Å². The van der Waals surface area contributed by atoms with Gasteiger partial charge in [0, 0.05) is 37.4 Å². The van der Waals surface area contributed by atoms with Gasteiger partial charge >= 0.3 is 0 Å². The molecule has 1 aromatic heterocycles. The number of hydrogen-bond donors (Lipinski definition) is 0. The molecular formula is C17H22N4. The number of hydrogen-bond acceptors (Lipinski definition) is 4. The molecule has 0 bridgehead atoms. The van der Waals surface area contributed by atoms with Crippen LogP contribution in [0.2, 0.25) is 0 Å². The molecule has 0 N–H and O–H groups in total. The van der Waals surface area contributed by atoms with Crippen molar-refractivity contribution in [2.75, 3.05) is 25.0 Å². The van der Waals surface area contributed by atoms with E-state index in [0.717, 1.165) is 31.1 Å². The summed E-state index contributed by atoms with van der Waals surface area (Å²) < 4.78 is 0. The molecular weight excluding hydrogens is 260 g/mol. The molecule has 1 fully saturated rings. The van der Waals surface area contributed by atoms with Crippen molar-refractivity contribution in [1.29, 1.82) is 0 Å². The fraction of sp³-hybridized carbons (Fsp3) is 0.412. The van der Waals surface area contributed by atoms with E-state index in [4.69, 9.17) is 0 Å². The maximum atomic E-state index is 4.35. The minimum atomic E-state index is 0.597. The number of nitrogens with zero attached hydrogens (tertiary/aromatic N) is 4. The summed E-state index contributed by atoms with van der Waals surface area (Å²) in [6, 6.07) is 11.3. The molecule has 0 amide bonds. The van der Waals surface area contributed by atoms with Crippen molar-refractivity contribution in [3.8, 4) is 0 Å². The molecule has 3 rings (SSSR count). The van der Waals surface area contributed by atoms with Crippen molar-refractivity contribution in [2.24, 2.45) is 0 Å². The van der Waals surface area contributed by atoms with Crippen LogP contribution in [-0.2, 0) is 6.54 Å². The molecule has 0 spiro atoms. The highest BCUT2D eigenvalue weighted by Crippen LogP contribution is 2.22. The second-order valence-corrected chi connectivity index (χ2v) is 5.92. The minimum absolute atomic E-state index is 0.597. The zero-order chi connectivity index (χ0) is 14.8. The molecule has 21 heavy (non-hydrogen) atoms. The molecule has 1 saturated heterocycles. The summed E-state index contributed by atoms with van der Waals surface area (Å²) in [7, 11) is 2.21. The first-order chi connectivity index (χ1) is 10.1. The summed E-state index contributed by atoms with van der Waals surface area (Å²) in [5.74, 6) is 1.04. The largest absolute Gasteiger partial charge is 0.353 e. The topological polar surface area (TPSA) is 32.3 Å². The molecule has 2 heterocycles. The molecule has 0 saturated carbocycles. The molecule has 0 radical (unpaired) electrons. The Balaban J connectivity index is 1.57. The molecule has 1 aliphatic heterocycles. The van der Waals surface area contributed by atoms with Crippen LogP contribution in [0.15, 0.2) is 36.7 Å². The third-order valence-electron chi connectivity index (χ3n) is 4.28. The summed E-state index contributed by atoms with van der Waals surface area (Å²) in [4.78, 5) is 13.3. The number of aryl methyl sites for hydroxylation is 2. The number of benzene rings is 1. The Bertz CT molecular complexity index is 620. The molecule has 0 aliphatic carbocycles. The van der Waals surface area contributed by atoms with Crippen LogP contribution in [0.25, 0.3) is 0 Å². The fourth-order valence-corrected chi connectivity index (χ4v) is 2.72. The van der Waals surface area contributed by atoms with E-state index in [-0.39, 0.29) is 0 Å². The average Bonchev–Trinajstić information content (AvgIpc) is 2.40. The minimum Gasteiger partial charge on any atom is -0.353 e. The van der Waals surface area contributed by atoms with E-state index >= 15 is 0 Å². The molecule has 4 nitrogen and oxygen atoms in total. The molecule has 1 aliphatic rings. The van der Waals surface area contributed by atoms with E-state index in [1.807, 2.05) is 6.92 Å². The Morgan fingerprint density at radius 1 is 1.19 bits per heavy atom. The SMILES string of the molecule is Cc1cc(N2CC(N(C)Cc3ccccc3C)C2)ncn1. The van der Waals surface area contributed by atoms with E-state index in [1.54, 1.807) is 6.33 Å². The second-order valence-electron chi connectivity index (χ2n) is 5.92. The van der Waals surface area contributed by atoms with Crippen LogP contribution < -0.4 is 4.90 Å². The van der Waals surface area contributed by atoms with E-state index in [0.29, 0.717) is 6.04 Å². The van der Waals surface area contributed by atoms with Crippen molar-refractivity contribution in [3.63, 3.8) is 0 Å². The number of rotatable bonds is 4. The lowest BCUT2D eigenvalue weighted by molar-refractivity contribution is 0.196. The van der Waals surface area contributed by atoms with Gasteiger partial charge in [0.1, 0.15) is 12.1 Å². The maximum absolute atomic E-state index is 4.35. The third kappa shape index (κ3) is 3.05. The average molecular weight is 282 g/mol. The Morgan fingerprint density at radius 3 is 2.67 bits per heavy atom. The monoisotopic (exact) mass is 282 g/mol. The maximum Gasteiger partial charge on any atom is 0.132 e. The van der Waals surface area contributed by atoms with E-state index < -0.39 is 0 Å². The first-order valence-corrected chi connectivity index (χ1v) is 7.42. The zero-order valence-electron chi connectivity index (χ0n) is 13.0. The Kier molecular flexibility index (Phi) is 3.88. The van der Waals surface area contributed by atoms with Crippen LogP contribution in [0, 0.1) is 13.8 Å². The van der Waals surface area contributed by atoms with Gasteiger partial charge in [-0.05, 0) is 32.0 Å². The highest BCUT2D eigenvalue weighted by atomic mass is 15.3. The van der Waals surface area contributed by atoms with Crippen LogP contribution in [0.4, 0.5) is 5.82 Å². The zero-order valence-corrected chi connectivity index (χ0v) is 13.0. The van der Waals surface area contributed by atoms with Crippen molar-refractivity contribution >= 4 is 5.82 Å². The van der Waals surface area contributed by atoms with Gasteiger partial charge in [-0.3, -0.25) is 4.90 Å².